The van der Waals surface area contributed by atoms with Crippen molar-refractivity contribution in [1.29, 1.82) is 0 Å². The minimum absolute atomic E-state index is 0.485. The van der Waals surface area contributed by atoms with E-state index >= 15 is 0 Å². The van der Waals surface area contributed by atoms with Crippen LogP contribution >= 0.6 is 23.4 Å². The van der Waals surface area contributed by atoms with E-state index in [-0.39, 0.29) is 0 Å². The Balaban J connectivity index is 2.09. The Bertz CT molecular complexity index is 380. The topological polar surface area (TPSA) is 21.3 Å². The van der Waals surface area contributed by atoms with E-state index in [1.54, 1.807) is 0 Å². The van der Waals surface area contributed by atoms with Crippen molar-refractivity contribution >= 4 is 23.4 Å². The highest BCUT2D eigenvalue weighted by Gasteiger charge is 2.22. The van der Waals surface area contributed by atoms with Gasteiger partial charge in [0, 0.05) is 17.5 Å². The molecule has 1 aromatic carbocycles. The molecule has 94 valence electrons. The van der Waals surface area contributed by atoms with E-state index in [9.17, 15) is 0 Å². The molecule has 0 spiro atoms. The zero-order valence-corrected chi connectivity index (χ0v) is 11.8. The molecule has 2 rings (SSSR count). The van der Waals surface area contributed by atoms with E-state index in [1.165, 1.54) is 10.5 Å². The molecule has 1 aliphatic rings. The summed E-state index contributed by atoms with van der Waals surface area (Å²) in [6.45, 7) is 6.85. The summed E-state index contributed by atoms with van der Waals surface area (Å²) in [6.07, 6.45) is 0. The minimum Gasteiger partial charge on any atom is -0.379 e. The van der Waals surface area contributed by atoms with E-state index in [0.29, 0.717) is 11.3 Å². The first-order chi connectivity index (χ1) is 8.16. The Morgan fingerprint density at radius 3 is 2.82 bits per heavy atom. The van der Waals surface area contributed by atoms with Gasteiger partial charge in [-0.1, -0.05) is 37.6 Å². The molecule has 0 bridgehead atoms. The monoisotopic (exact) mass is 271 g/mol. The molecular formula is C13H18ClNOS. The molecule has 17 heavy (non-hydrogen) atoms. The highest BCUT2D eigenvalue weighted by atomic mass is 35.5. The maximum absolute atomic E-state index is 6.28. The molecule has 2 nitrogen and oxygen atoms in total. The van der Waals surface area contributed by atoms with Crippen molar-refractivity contribution in [2.45, 2.75) is 36.6 Å². The molecular weight excluding hydrogens is 254 g/mol. The van der Waals surface area contributed by atoms with Crippen LogP contribution in [0.2, 0.25) is 5.02 Å². The summed E-state index contributed by atoms with van der Waals surface area (Å²) in [5, 5.41) is 4.85. The molecule has 1 fully saturated rings. The van der Waals surface area contributed by atoms with Gasteiger partial charge in [-0.2, -0.15) is 0 Å². The average Bonchev–Trinajstić information content (AvgIpc) is 2.22. The number of nitrogens with one attached hydrogen (secondary N) is 1. The number of rotatable bonds is 5. The van der Waals surface area contributed by atoms with Gasteiger partial charge in [0.15, 0.2) is 0 Å². The predicted octanol–water partition coefficient (Wildman–Crippen LogP) is 3.33. The van der Waals surface area contributed by atoms with E-state index in [1.807, 2.05) is 23.9 Å². The Morgan fingerprint density at radius 2 is 2.24 bits per heavy atom. The molecule has 0 amide bonds. The number of halogens is 1. The summed E-state index contributed by atoms with van der Waals surface area (Å²) in [5.74, 6) is 0. The summed E-state index contributed by atoms with van der Waals surface area (Å²) < 4.78 is 5.21. The van der Waals surface area contributed by atoms with Crippen molar-refractivity contribution in [2.75, 3.05) is 13.2 Å². The third-order valence-electron chi connectivity index (χ3n) is 2.64. The van der Waals surface area contributed by atoms with Gasteiger partial charge in [0.25, 0.3) is 0 Å². The van der Waals surface area contributed by atoms with Crippen molar-refractivity contribution in [3.05, 3.63) is 28.8 Å². The lowest BCUT2D eigenvalue weighted by Crippen LogP contribution is -2.30. The number of thioether (sulfide) groups is 1. The first-order valence-corrected chi connectivity index (χ1v) is 7.17. The number of hydrogen-bond donors (Lipinski definition) is 1. The normalized spacial score (nSPS) is 16.2. The smallest absolute Gasteiger partial charge is 0.0611 e. The summed E-state index contributed by atoms with van der Waals surface area (Å²) in [5.41, 5.74) is 1.28. The largest absolute Gasteiger partial charge is 0.379 e. The van der Waals surface area contributed by atoms with Gasteiger partial charge in [-0.25, -0.2) is 0 Å². The van der Waals surface area contributed by atoms with Gasteiger partial charge in [0.1, 0.15) is 0 Å². The van der Waals surface area contributed by atoms with Crippen LogP contribution in [-0.2, 0) is 11.3 Å². The molecule has 1 aliphatic heterocycles. The molecule has 4 heteroatoms. The van der Waals surface area contributed by atoms with Gasteiger partial charge in [-0.15, -0.1) is 11.8 Å². The van der Waals surface area contributed by atoms with Crippen LogP contribution in [0.4, 0.5) is 0 Å². The quantitative estimate of drug-likeness (QED) is 0.888. The first kappa shape index (κ1) is 13.2. The SMILES string of the molecule is CC(C)NCc1cccc(Cl)c1SC1COC1. The highest BCUT2D eigenvalue weighted by Crippen LogP contribution is 2.36. The molecule has 0 unspecified atom stereocenters. The lowest BCUT2D eigenvalue weighted by atomic mass is 10.2. The van der Waals surface area contributed by atoms with Crippen LogP contribution in [0.25, 0.3) is 0 Å². The molecule has 0 aromatic heterocycles. The van der Waals surface area contributed by atoms with Crippen LogP contribution in [0.1, 0.15) is 19.4 Å². The van der Waals surface area contributed by atoms with Crippen molar-refractivity contribution < 1.29 is 4.74 Å². The number of hydrogen-bond acceptors (Lipinski definition) is 3. The van der Waals surface area contributed by atoms with E-state index in [0.717, 1.165) is 24.8 Å². The lowest BCUT2D eigenvalue weighted by Gasteiger charge is -2.26. The number of ether oxygens (including phenoxy) is 1. The lowest BCUT2D eigenvalue weighted by molar-refractivity contribution is 0.0455. The van der Waals surface area contributed by atoms with Crippen LogP contribution < -0.4 is 5.32 Å². The summed E-state index contributed by atoms with van der Waals surface area (Å²) >= 11 is 8.12. The standard InChI is InChI=1S/C13H18ClNOS/c1-9(2)15-6-10-4-3-5-12(14)13(10)17-11-7-16-8-11/h3-5,9,11,15H,6-8H2,1-2H3. The zero-order valence-electron chi connectivity index (χ0n) is 10.2. The molecule has 1 N–H and O–H groups in total. The van der Waals surface area contributed by atoms with Crippen LogP contribution in [-0.4, -0.2) is 24.5 Å². The Kier molecular flexibility index (Phi) is 4.74. The third kappa shape index (κ3) is 3.62. The van der Waals surface area contributed by atoms with Gasteiger partial charge in [-0.05, 0) is 11.6 Å². The van der Waals surface area contributed by atoms with Gasteiger partial charge in [0.2, 0.25) is 0 Å². The molecule has 1 aromatic rings. The third-order valence-corrected chi connectivity index (χ3v) is 4.39. The molecule has 0 aliphatic carbocycles. The summed E-state index contributed by atoms with van der Waals surface area (Å²) in [7, 11) is 0. The fourth-order valence-electron chi connectivity index (χ4n) is 1.59. The maximum atomic E-state index is 6.28. The second-order valence-electron chi connectivity index (χ2n) is 4.54. The second kappa shape index (κ2) is 6.10. The minimum atomic E-state index is 0.485. The van der Waals surface area contributed by atoms with Gasteiger partial charge in [-0.3, -0.25) is 0 Å². The Morgan fingerprint density at radius 1 is 1.47 bits per heavy atom. The molecule has 1 heterocycles. The number of benzene rings is 1. The van der Waals surface area contributed by atoms with Crippen LogP contribution in [0.5, 0.6) is 0 Å². The first-order valence-electron chi connectivity index (χ1n) is 5.92. The van der Waals surface area contributed by atoms with Gasteiger partial charge in [0.05, 0.1) is 23.5 Å². The molecule has 0 atom stereocenters. The summed E-state index contributed by atoms with van der Waals surface area (Å²) in [6, 6.07) is 6.60. The Hall–Kier alpha value is -0.220. The van der Waals surface area contributed by atoms with E-state index in [2.05, 4.69) is 25.2 Å². The van der Waals surface area contributed by atoms with Gasteiger partial charge >= 0.3 is 0 Å². The molecule has 0 saturated carbocycles. The molecule has 0 radical (unpaired) electrons. The fraction of sp³-hybridized carbons (Fsp3) is 0.538. The summed E-state index contributed by atoms with van der Waals surface area (Å²) in [4.78, 5) is 1.20. The fourth-order valence-corrected chi connectivity index (χ4v) is 3.05. The maximum Gasteiger partial charge on any atom is 0.0611 e. The van der Waals surface area contributed by atoms with Crippen molar-refractivity contribution in [2.24, 2.45) is 0 Å². The van der Waals surface area contributed by atoms with Crippen molar-refractivity contribution in [3.63, 3.8) is 0 Å². The van der Waals surface area contributed by atoms with Crippen molar-refractivity contribution in [1.82, 2.24) is 5.32 Å². The van der Waals surface area contributed by atoms with E-state index in [4.69, 9.17) is 16.3 Å². The van der Waals surface area contributed by atoms with E-state index < -0.39 is 0 Å². The van der Waals surface area contributed by atoms with Crippen LogP contribution in [0, 0.1) is 0 Å². The zero-order chi connectivity index (χ0) is 12.3. The van der Waals surface area contributed by atoms with Crippen LogP contribution in [0.3, 0.4) is 0 Å². The molecule has 1 saturated heterocycles. The van der Waals surface area contributed by atoms with Gasteiger partial charge < -0.3 is 10.1 Å². The Labute approximate surface area is 112 Å². The average molecular weight is 272 g/mol. The van der Waals surface area contributed by atoms with Crippen molar-refractivity contribution in [3.8, 4) is 0 Å². The van der Waals surface area contributed by atoms with Crippen LogP contribution in [0.15, 0.2) is 23.1 Å². The highest BCUT2D eigenvalue weighted by molar-refractivity contribution is 8.00. The second-order valence-corrected chi connectivity index (χ2v) is 6.26. The predicted molar refractivity (Wildman–Crippen MR) is 73.9 cm³/mol.